The Morgan fingerprint density at radius 1 is 1.12 bits per heavy atom. The minimum atomic E-state index is -1.40. The van der Waals surface area contributed by atoms with E-state index in [4.69, 9.17) is 0 Å². The van der Waals surface area contributed by atoms with Gasteiger partial charge < -0.3 is 29.6 Å². The number of aromatic nitrogens is 3. The molecule has 5 rings (SSSR count). The molecule has 0 aliphatic carbocycles. The van der Waals surface area contributed by atoms with E-state index in [-0.39, 0.29) is 18.0 Å². The van der Waals surface area contributed by atoms with Crippen LogP contribution in [0.15, 0.2) is 99.4 Å². The molecular weight excluding hydrogens is 568 g/mol. The Morgan fingerprint density at radius 2 is 1.93 bits per heavy atom. The van der Waals surface area contributed by atoms with Crippen molar-refractivity contribution >= 4 is 33.6 Å². The summed E-state index contributed by atoms with van der Waals surface area (Å²) in [5, 5.41) is 20.4. The Morgan fingerprint density at radius 3 is 2.70 bits per heavy atom. The molecule has 3 aromatic heterocycles. The van der Waals surface area contributed by atoms with Crippen LogP contribution in [0.3, 0.4) is 0 Å². The molecule has 43 heavy (non-hydrogen) atoms. The summed E-state index contributed by atoms with van der Waals surface area (Å²) in [5.74, 6) is -0.307. The van der Waals surface area contributed by atoms with Gasteiger partial charge in [0.15, 0.2) is 0 Å². The average molecular weight is 603 g/mol. The van der Waals surface area contributed by atoms with Crippen LogP contribution in [0.1, 0.15) is 48.0 Å². The molecule has 0 fully saturated rings. The van der Waals surface area contributed by atoms with Crippen molar-refractivity contribution in [3.63, 3.8) is 0 Å². The molecule has 11 nitrogen and oxygen atoms in total. The normalized spacial score (nSPS) is 13.1. The molecule has 0 aliphatic rings. The quantitative estimate of drug-likeness (QED) is 0.137. The summed E-state index contributed by atoms with van der Waals surface area (Å²) in [6.45, 7) is 5.31. The number of aryl methyl sites for hydroxylation is 1. The number of aliphatic hydroxyl groups is 1. The van der Waals surface area contributed by atoms with E-state index in [2.05, 4.69) is 43.9 Å². The van der Waals surface area contributed by atoms with Gasteiger partial charge in [0, 0.05) is 48.2 Å². The van der Waals surface area contributed by atoms with E-state index in [1.165, 1.54) is 12.3 Å². The maximum absolute atomic E-state index is 12.6. The van der Waals surface area contributed by atoms with Gasteiger partial charge in [0.2, 0.25) is 0 Å². The molecule has 0 spiro atoms. The van der Waals surface area contributed by atoms with Crippen LogP contribution < -0.4 is 21.0 Å². The largest absolute Gasteiger partial charge is 0.387 e. The molecule has 1 amide bonds. The number of benzene rings is 2. The molecule has 2 aromatic carbocycles. The first-order chi connectivity index (χ1) is 20.7. The van der Waals surface area contributed by atoms with Gasteiger partial charge in [-0.1, -0.05) is 30.3 Å². The number of hydrogen-bond acceptors (Lipinski definition) is 7. The lowest BCUT2D eigenvalue weighted by Gasteiger charge is -2.28. The molecule has 12 heteroatoms. The third-order valence-electron chi connectivity index (χ3n) is 7.07. The molecular formula is C31H34N6O5S. The van der Waals surface area contributed by atoms with Crippen molar-refractivity contribution in [3.05, 3.63) is 112 Å². The zero-order chi connectivity index (χ0) is 30.4. The van der Waals surface area contributed by atoms with Crippen LogP contribution in [-0.2, 0) is 24.1 Å². The molecule has 3 heterocycles. The first-order valence-electron chi connectivity index (χ1n) is 13.8. The second-order valence-corrected chi connectivity index (χ2v) is 12.1. The summed E-state index contributed by atoms with van der Waals surface area (Å²) in [6.07, 6.45) is 3.48. The predicted octanol–water partition coefficient (Wildman–Crippen LogP) is 3.87. The van der Waals surface area contributed by atoms with E-state index in [1.807, 2.05) is 59.3 Å². The summed E-state index contributed by atoms with van der Waals surface area (Å²) < 4.78 is 22.3. The topological polar surface area (TPSA) is 154 Å². The molecule has 0 bridgehead atoms. The number of pyridine rings is 1. The highest BCUT2D eigenvalue weighted by molar-refractivity contribution is 7.86. The number of nitrogens with zero attached hydrogens (tertiary/aromatic N) is 2. The summed E-state index contributed by atoms with van der Waals surface area (Å²) >= 11 is 0. The fraction of sp³-hybridized carbons (Fsp3) is 0.258. The van der Waals surface area contributed by atoms with Gasteiger partial charge in [0.1, 0.15) is 16.6 Å². The average Bonchev–Trinajstić information content (AvgIpc) is 3.63. The van der Waals surface area contributed by atoms with Crippen LogP contribution >= 0.6 is 0 Å². The zero-order valence-corrected chi connectivity index (χ0v) is 24.7. The van der Waals surface area contributed by atoms with Crippen molar-refractivity contribution in [1.82, 2.24) is 25.3 Å². The zero-order valence-electron chi connectivity index (χ0n) is 23.9. The number of amides is 1. The molecule has 0 aliphatic heterocycles. The Bertz CT molecular complexity index is 1780. The standard InChI is InChI=1S/C31H34N6O5S/c1-31(2,34-20-27(38)21-7-6-8-24(16-21)36-43(41)26-9-4-3-5-10-26)12-14-37-13-11-22-15-23(18-32-29(22)37)30(40)33-19-25-17-28(39)42-35-25/h3-11,13,15-18,27,34-36,38H,12,14,19-20H2,1-2H3,(H,33,40). The number of hydrogen-bond donors (Lipinski definition) is 5. The second-order valence-electron chi connectivity index (χ2n) is 10.9. The van der Waals surface area contributed by atoms with Crippen LogP contribution in [0.2, 0.25) is 0 Å². The van der Waals surface area contributed by atoms with Gasteiger partial charge in [-0.3, -0.25) is 4.79 Å². The number of fused-ring (bicyclic) bond motifs is 1. The van der Waals surface area contributed by atoms with Crippen LogP contribution in [0, 0.1) is 0 Å². The third-order valence-corrected chi connectivity index (χ3v) is 8.19. The van der Waals surface area contributed by atoms with Crippen molar-refractivity contribution in [2.24, 2.45) is 0 Å². The molecule has 0 saturated heterocycles. The number of carbonyl (C=O) groups excluding carboxylic acids is 1. The van der Waals surface area contributed by atoms with E-state index in [9.17, 15) is 18.9 Å². The fourth-order valence-corrected chi connectivity index (χ4v) is 5.43. The van der Waals surface area contributed by atoms with Crippen LogP contribution in [0.5, 0.6) is 0 Å². The van der Waals surface area contributed by atoms with Gasteiger partial charge >= 0.3 is 5.63 Å². The van der Waals surface area contributed by atoms with Crippen LogP contribution in [0.25, 0.3) is 11.0 Å². The highest BCUT2D eigenvalue weighted by atomic mass is 32.2. The van der Waals surface area contributed by atoms with Crippen molar-refractivity contribution in [2.45, 2.75) is 49.9 Å². The Kier molecular flexibility index (Phi) is 9.19. The van der Waals surface area contributed by atoms with Gasteiger partial charge in [-0.25, -0.2) is 19.1 Å². The number of aliphatic hydroxyl groups excluding tert-OH is 1. The number of β-amino-alcohol motifs (C(OH)–C–C–N with tert-alkyl or cyclic N) is 1. The maximum Gasteiger partial charge on any atom is 0.357 e. The van der Waals surface area contributed by atoms with E-state index in [0.717, 1.165) is 23.0 Å². The van der Waals surface area contributed by atoms with Gasteiger partial charge in [-0.05, 0) is 62.2 Å². The SMILES string of the molecule is CC(C)(CCn1ccc2cc(C(=O)NCc3cc(=O)o[nH]3)cnc21)NCC(O)c1cccc(NS(=O)c2ccccc2)c1. The highest BCUT2D eigenvalue weighted by Crippen LogP contribution is 2.22. The lowest BCUT2D eigenvalue weighted by Crippen LogP contribution is -2.42. The number of nitrogens with one attached hydrogen (secondary N) is 4. The van der Waals surface area contributed by atoms with Gasteiger partial charge in [-0.15, -0.1) is 0 Å². The predicted molar refractivity (Wildman–Crippen MR) is 165 cm³/mol. The van der Waals surface area contributed by atoms with Crippen LogP contribution in [0.4, 0.5) is 5.69 Å². The second kappa shape index (κ2) is 13.2. The van der Waals surface area contributed by atoms with Gasteiger partial charge in [-0.2, -0.15) is 0 Å². The summed E-state index contributed by atoms with van der Waals surface area (Å²) in [7, 11) is -1.40. The monoisotopic (exact) mass is 602 g/mol. The van der Waals surface area contributed by atoms with Crippen molar-refractivity contribution < 1.29 is 18.6 Å². The molecule has 0 radical (unpaired) electrons. The first-order valence-corrected chi connectivity index (χ1v) is 15.0. The van der Waals surface area contributed by atoms with Gasteiger partial charge in [0.05, 0.1) is 28.8 Å². The third kappa shape index (κ3) is 7.86. The summed E-state index contributed by atoms with van der Waals surface area (Å²) in [6, 6.07) is 21.4. The minimum absolute atomic E-state index is 0.137. The number of anilines is 1. The lowest BCUT2D eigenvalue weighted by atomic mass is 9.99. The lowest BCUT2D eigenvalue weighted by molar-refractivity contribution is 0.0950. The molecule has 5 aromatic rings. The fourth-order valence-electron chi connectivity index (χ4n) is 4.56. The molecule has 224 valence electrons. The van der Waals surface area contributed by atoms with Crippen LogP contribution in [-0.4, -0.2) is 42.0 Å². The van der Waals surface area contributed by atoms with Crippen molar-refractivity contribution in [2.75, 3.05) is 11.3 Å². The Hall–Kier alpha value is -4.52. The minimum Gasteiger partial charge on any atom is -0.387 e. The van der Waals surface area contributed by atoms with E-state index in [0.29, 0.717) is 34.9 Å². The summed E-state index contributed by atoms with van der Waals surface area (Å²) in [5.41, 5.74) is 2.25. The molecule has 5 N–H and O–H groups in total. The van der Waals surface area contributed by atoms with E-state index in [1.54, 1.807) is 18.2 Å². The Balaban J connectivity index is 1.13. The van der Waals surface area contributed by atoms with E-state index < -0.39 is 22.7 Å². The van der Waals surface area contributed by atoms with Crippen molar-refractivity contribution in [3.8, 4) is 0 Å². The maximum atomic E-state index is 12.6. The summed E-state index contributed by atoms with van der Waals surface area (Å²) in [4.78, 5) is 28.9. The molecule has 2 atom stereocenters. The molecule has 2 unspecified atom stereocenters. The van der Waals surface area contributed by atoms with Gasteiger partial charge in [0.25, 0.3) is 5.91 Å². The first kappa shape index (κ1) is 30.0. The van der Waals surface area contributed by atoms with Crippen molar-refractivity contribution in [1.29, 1.82) is 0 Å². The number of carbonyl (C=O) groups is 1. The number of rotatable bonds is 13. The number of aromatic amines is 1. The number of H-pyrrole nitrogens is 1. The van der Waals surface area contributed by atoms with E-state index >= 15 is 0 Å². The highest BCUT2D eigenvalue weighted by Gasteiger charge is 2.20. The smallest absolute Gasteiger partial charge is 0.357 e. The molecule has 0 saturated carbocycles. The Labute approximate surface area is 250 Å².